The molecular weight excluding hydrogens is 321 g/mol. The number of anilines is 1. The summed E-state index contributed by atoms with van der Waals surface area (Å²) in [6.07, 6.45) is 1.65. The van der Waals surface area contributed by atoms with Crippen LogP contribution in [0, 0.1) is 5.82 Å². The second kappa shape index (κ2) is 8.63. The highest BCUT2D eigenvalue weighted by molar-refractivity contribution is 6.04. The Balaban J connectivity index is 1.90. The van der Waals surface area contributed by atoms with Crippen molar-refractivity contribution in [2.75, 3.05) is 18.9 Å². The summed E-state index contributed by atoms with van der Waals surface area (Å²) in [4.78, 5) is 25.4. The van der Waals surface area contributed by atoms with Crippen LogP contribution in [-0.2, 0) is 6.54 Å². The number of hydrogen-bond acceptors (Lipinski definition) is 2. The second-order valence-corrected chi connectivity index (χ2v) is 5.49. The van der Waals surface area contributed by atoms with E-state index in [1.54, 1.807) is 37.4 Å². The quantitative estimate of drug-likeness (QED) is 0.791. The highest BCUT2D eigenvalue weighted by Crippen LogP contribution is 2.11. The lowest BCUT2D eigenvalue weighted by Crippen LogP contribution is -2.36. The van der Waals surface area contributed by atoms with Gasteiger partial charge in [0.1, 0.15) is 5.82 Å². The van der Waals surface area contributed by atoms with E-state index in [2.05, 4.69) is 17.2 Å². The molecule has 3 amide bonds. The van der Waals surface area contributed by atoms with E-state index in [9.17, 15) is 14.0 Å². The highest BCUT2D eigenvalue weighted by Gasteiger charge is 2.08. The van der Waals surface area contributed by atoms with E-state index in [0.29, 0.717) is 24.3 Å². The maximum absolute atomic E-state index is 12.9. The fraction of sp³-hybridized carbons (Fsp3) is 0.158. The molecule has 0 saturated heterocycles. The largest absolute Gasteiger partial charge is 0.334 e. The van der Waals surface area contributed by atoms with Crippen molar-refractivity contribution < 1.29 is 14.0 Å². The van der Waals surface area contributed by atoms with E-state index in [1.807, 2.05) is 0 Å². The van der Waals surface area contributed by atoms with E-state index in [0.717, 1.165) is 5.56 Å². The molecule has 0 fully saturated rings. The standard InChI is InChI=1S/C19H20FN3O2/c1-3-12-23(2)19(25)21-13-14-4-6-15(7-5-14)18(24)22-17-10-8-16(20)9-11-17/h3-11H,1,12-13H2,2H3,(H,21,25)(H,22,24). The molecule has 0 bridgehead atoms. The average Bonchev–Trinajstić information content (AvgIpc) is 2.62. The Morgan fingerprint density at radius 3 is 2.36 bits per heavy atom. The Kier molecular flexibility index (Phi) is 6.28. The van der Waals surface area contributed by atoms with Gasteiger partial charge in [-0.1, -0.05) is 18.2 Å². The molecule has 2 aromatic carbocycles. The van der Waals surface area contributed by atoms with Crippen molar-refractivity contribution in [1.29, 1.82) is 0 Å². The smallest absolute Gasteiger partial charge is 0.317 e. The van der Waals surface area contributed by atoms with E-state index in [-0.39, 0.29) is 17.8 Å². The number of urea groups is 1. The van der Waals surface area contributed by atoms with Gasteiger partial charge in [-0.3, -0.25) is 4.79 Å². The molecule has 0 aliphatic heterocycles. The molecule has 0 heterocycles. The fourth-order valence-electron chi connectivity index (χ4n) is 2.10. The summed E-state index contributed by atoms with van der Waals surface area (Å²) in [6, 6.07) is 12.3. The average molecular weight is 341 g/mol. The zero-order valence-corrected chi connectivity index (χ0v) is 14.0. The van der Waals surface area contributed by atoms with Crippen LogP contribution in [-0.4, -0.2) is 30.4 Å². The summed E-state index contributed by atoms with van der Waals surface area (Å²) < 4.78 is 12.9. The highest BCUT2D eigenvalue weighted by atomic mass is 19.1. The first-order valence-electron chi connectivity index (χ1n) is 7.75. The first-order valence-corrected chi connectivity index (χ1v) is 7.75. The molecule has 2 rings (SSSR count). The van der Waals surface area contributed by atoms with Gasteiger partial charge in [0.15, 0.2) is 0 Å². The van der Waals surface area contributed by atoms with Crippen molar-refractivity contribution in [3.63, 3.8) is 0 Å². The Bertz CT molecular complexity index is 742. The number of likely N-dealkylation sites (N-methyl/N-ethyl adjacent to an activating group) is 1. The van der Waals surface area contributed by atoms with Crippen LogP contribution in [0.15, 0.2) is 61.2 Å². The number of carbonyl (C=O) groups excluding carboxylic acids is 2. The monoisotopic (exact) mass is 341 g/mol. The van der Waals surface area contributed by atoms with Gasteiger partial charge in [0.25, 0.3) is 5.91 Å². The van der Waals surface area contributed by atoms with Crippen LogP contribution in [0.4, 0.5) is 14.9 Å². The number of rotatable bonds is 6. The molecule has 130 valence electrons. The van der Waals surface area contributed by atoms with Crippen LogP contribution in [0.25, 0.3) is 0 Å². The third-order valence-corrected chi connectivity index (χ3v) is 3.51. The number of benzene rings is 2. The molecule has 0 atom stereocenters. The van der Waals surface area contributed by atoms with Crippen molar-refractivity contribution >= 4 is 17.6 Å². The van der Waals surface area contributed by atoms with Crippen LogP contribution in [0.1, 0.15) is 15.9 Å². The lowest BCUT2D eigenvalue weighted by Gasteiger charge is -2.15. The van der Waals surface area contributed by atoms with E-state index in [1.165, 1.54) is 29.2 Å². The molecule has 0 saturated carbocycles. The molecule has 0 aliphatic carbocycles. The summed E-state index contributed by atoms with van der Waals surface area (Å²) in [5.41, 5.74) is 1.87. The normalized spacial score (nSPS) is 10.0. The number of nitrogens with zero attached hydrogens (tertiary/aromatic N) is 1. The number of halogens is 1. The summed E-state index contributed by atoms with van der Waals surface area (Å²) in [5, 5.41) is 5.47. The summed E-state index contributed by atoms with van der Waals surface area (Å²) in [6.45, 7) is 4.41. The second-order valence-electron chi connectivity index (χ2n) is 5.49. The van der Waals surface area contributed by atoms with Crippen molar-refractivity contribution in [3.8, 4) is 0 Å². The molecule has 5 nitrogen and oxygen atoms in total. The Hall–Kier alpha value is -3.15. The van der Waals surface area contributed by atoms with Crippen molar-refractivity contribution in [1.82, 2.24) is 10.2 Å². The van der Waals surface area contributed by atoms with Crippen molar-refractivity contribution in [2.24, 2.45) is 0 Å². The predicted molar refractivity (Wildman–Crippen MR) is 95.9 cm³/mol. The summed E-state index contributed by atoms with van der Waals surface area (Å²) in [7, 11) is 1.68. The zero-order chi connectivity index (χ0) is 18.2. The molecule has 25 heavy (non-hydrogen) atoms. The molecule has 0 radical (unpaired) electrons. The van der Waals surface area contributed by atoms with Crippen LogP contribution >= 0.6 is 0 Å². The third kappa shape index (κ3) is 5.46. The van der Waals surface area contributed by atoms with Gasteiger partial charge in [-0.15, -0.1) is 6.58 Å². The Morgan fingerprint density at radius 2 is 1.76 bits per heavy atom. The summed E-state index contributed by atoms with van der Waals surface area (Å²) >= 11 is 0. The van der Waals surface area contributed by atoms with Gasteiger partial charge >= 0.3 is 6.03 Å². The third-order valence-electron chi connectivity index (χ3n) is 3.51. The first kappa shape index (κ1) is 18.2. The fourth-order valence-corrected chi connectivity index (χ4v) is 2.10. The van der Waals surface area contributed by atoms with Gasteiger partial charge in [-0.25, -0.2) is 9.18 Å². The SMILES string of the molecule is C=CCN(C)C(=O)NCc1ccc(C(=O)Nc2ccc(F)cc2)cc1. The zero-order valence-electron chi connectivity index (χ0n) is 14.0. The predicted octanol–water partition coefficient (Wildman–Crippen LogP) is 3.41. The topological polar surface area (TPSA) is 61.4 Å². The van der Waals surface area contributed by atoms with Crippen molar-refractivity contribution in [3.05, 3.63) is 78.1 Å². The molecule has 0 aliphatic rings. The minimum absolute atomic E-state index is 0.196. The number of hydrogen-bond donors (Lipinski definition) is 2. The van der Waals surface area contributed by atoms with E-state index >= 15 is 0 Å². The first-order chi connectivity index (χ1) is 12.0. The minimum atomic E-state index is -0.358. The molecule has 0 spiro atoms. The number of nitrogens with one attached hydrogen (secondary N) is 2. The molecule has 2 N–H and O–H groups in total. The minimum Gasteiger partial charge on any atom is -0.334 e. The van der Waals surface area contributed by atoms with Gasteiger partial charge in [-0.05, 0) is 42.0 Å². The van der Waals surface area contributed by atoms with Crippen molar-refractivity contribution in [2.45, 2.75) is 6.54 Å². The summed E-state index contributed by atoms with van der Waals surface area (Å²) in [5.74, 6) is -0.643. The Labute approximate surface area is 146 Å². The van der Waals surface area contributed by atoms with Crippen LogP contribution in [0.3, 0.4) is 0 Å². The molecule has 6 heteroatoms. The van der Waals surface area contributed by atoms with Gasteiger partial charge in [-0.2, -0.15) is 0 Å². The number of amides is 3. The maximum Gasteiger partial charge on any atom is 0.317 e. The van der Waals surface area contributed by atoms with Gasteiger partial charge < -0.3 is 15.5 Å². The van der Waals surface area contributed by atoms with Gasteiger partial charge in [0.05, 0.1) is 0 Å². The van der Waals surface area contributed by atoms with Crippen LogP contribution in [0.2, 0.25) is 0 Å². The van der Waals surface area contributed by atoms with Gasteiger partial charge in [0, 0.05) is 31.4 Å². The molecule has 0 aromatic heterocycles. The van der Waals surface area contributed by atoms with E-state index < -0.39 is 0 Å². The van der Waals surface area contributed by atoms with E-state index in [4.69, 9.17) is 0 Å². The van der Waals surface area contributed by atoms with Gasteiger partial charge in [0.2, 0.25) is 0 Å². The molecule has 2 aromatic rings. The van der Waals surface area contributed by atoms with Crippen LogP contribution in [0.5, 0.6) is 0 Å². The Morgan fingerprint density at radius 1 is 1.12 bits per heavy atom. The lowest BCUT2D eigenvalue weighted by atomic mass is 10.1. The number of carbonyl (C=O) groups is 2. The van der Waals surface area contributed by atoms with Crippen LogP contribution < -0.4 is 10.6 Å². The molecule has 0 unspecified atom stereocenters. The maximum atomic E-state index is 12.9. The molecular formula is C19H20FN3O2. The lowest BCUT2D eigenvalue weighted by molar-refractivity contribution is 0.102.